The molecule has 26 heavy (non-hydrogen) atoms. The molecule has 0 saturated heterocycles. The van der Waals surface area contributed by atoms with Gasteiger partial charge in [0.25, 0.3) is 0 Å². The number of aromatic nitrogens is 4. The van der Waals surface area contributed by atoms with E-state index in [1.807, 2.05) is 62.4 Å². The van der Waals surface area contributed by atoms with Crippen molar-refractivity contribution in [2.75, 3.05) is 6.61 Å². The molecule has 0 saturated carbocycles. The van der Waals surface area contributed by atoms with Crippen molar-refractivity contribution < 1.29 is 9.84 Å². The number of aliphatic hydroxyl groups is 1. The lowest BCUT2D eigenvalue weighted by atomic mass is 10.1. The second-order valence-corrected chi connectivity index (χ2v) is 6.65. The first-order chi connectivity index (χ1) is 12.5. The third-order valence-electron chi connectivity index (χ3n) is 4.01. The summed E-state index contributed by atoms with van der Waals surface area (Å²) in [6, 6.07) is 15.3. The molecule has 0 bridgehead atoms. The fourth-order valence-electron chi connectivity index (χ4n) is 2.47. The Morgan fingerprint density at radius 3 is 2.50 bits per heavy atom. The van der Waals surface area contributed by atoms with Gasteiger partial charge in [0, 0.05) is 10.6 Å². The van der Waals surface area contributed by atoms with Crippen molar-refractivity contribution in [2.24, 2.45) is 0 Å². The fourth-order valence-corrected chi connectivity index (χ4v) is 2.59. The van der Waals surface area contributed by atoms with Gasteiger partial charge in [0.2, 0.25) is 5.82 Å². The lowest BCUT2D eigenvalue weighted by Crippen LogP contribution is -2.24. The molecule has 0 aliphatic carbocycles. The second-order valence-electron chi connectivity index (χ2n) is 6.21. The van der Waals surface area contributed by atoms with Crippen molar-refractivity contribution in [3.05, 3.63) is 64.7 Å². The number of tetrazole rings is 1. The Hall–Kier alpha value is -2.28. The molecule has 136 valence electrons. The quantitative estimate of drug-likeness (QED) is 0.687. The number of aryl methyl sites for hydroxylation is 1. The van der Waals surface area contributed by atoms with Crippen molar-refractivity contribution in [1.82, 2.24) is 20.2 Å². The molecule has 0 unspecified atom stereocenters. The molecule has 6 nitrogen and oxygen atoms in total. The molecule has 1 N–H and O–H groups in total. The Balaban J connectivity index is 1.52. The van der Waals surface area contributed by atoms with Crippen LogP contribution < -0.4 is 0 Å². The molecule has 1 heterocycles. The first-order valence-electron chi connectivity index (χ1n) is 8.41. The van der Waals surface area contributed by atoms with Crippen LogP contribution >= 0.6 is 11.6 Å². The van der Waals surface area contributed by atoms with Crippen molar-refractivity contribution >= 4 is 11.6 Å². The molecule has 0 spiro atoms. The average Bonchev–Trinajstić information content (AvgIpc) is 3.09. The summed E-state index contributed by atoms with van der Waals surface area (Å²) in [7, 11) is 0. The highest BCUT2D eigenvalue weighted by Crippen LogP contribution is 2.19. The molecule has 0 fully saturated rings. The summed E-state index contributed by atoms with van der Waals surface area (Å²) in [4.78, 5) is 1.39. The van der Waals surface area contributed by atoms with Crippen LogP contribution in [0.1, 0.15) is 24.2 Å². The number of ether oxygens (including phenoxy) is 1. The first kappa shape index (κ1) is 18.5. The van der Waals surface area contributed by atoms with Gasteiger partial charge in [-0.1, -0.05) is 53.6 Å². The number of benzene rings is 2. The van der Waals surface area contributed by atoms with Gasteiger partial charge in [-0.15, -0.1) is 10.2 Å². The predicted molar refractivity (Wildman–Crippen MR) is 99.8 cm³/mol. The van der Waals surface area contributed by atoms with E-state index in [4.69, 9.17) is 16.3 Å². The van der Waals surface area contributed by atoms with Crippen LogP contribution in [0.15, 0.2) is 48.5 Å². The minimum atomic E-state index is -0.732. The molecule has 7 heteroatoms. The van der Waals surface area contributed by atoms with Crippen LogP contribution in [0.3, 0.4) is 0 Å². The van der Waals surface area contributed by atoms with Gasteiger partial charge in [-0.2, -0.15) is 4.80 Å². The summed E-state index contributed by atoms with van der Waals surface area (Å²) in [6.07, 6.45) is -0.876. The van der Waals surface area contributed by atoms with Crippen molar-refractivity contribution in [1.29, 1.82) is 0 Å². The van der Waals surface area contributed by atoms with Gasteiger partial charge in [-0.3, -0.25) is 0 Å². The smallest absolute Gasteiger partial charge is 0.204 e. The first-order valence-corrected chi connectivity index (χ1v) is 8.79. The van der Waals surface area contributed by atoms with Crippen LogP contribution in [-0.4, -0.2) is 38.0 Å². The second kappa shape index (κ2) is 8.40. The predicted octanol–water partition coefficient (Wildman–Crippen LogP) is 3.44. The van der Waals surface area contributed by atoms with E-state index in [1.165, 1.54) is 10.4 Å². The summed E-state index contributed by atoms with van der Waals surface area (Å²) in [5.41, 5.74) is 3.06. The highest BCUT2D eigenvalue weighted by Gasteiger charge is 2.13. The van der Waals surface area contributed by atoms with Gasteiger partial charge in [-0.05, 0) is 36.8 Å². The van der Waals surface area contributed by atoms with Crippen molar-refractivity contribution in [3.8, 4) is 11.4 Å². The highest BCUT2D eigenvalue weighted by atomic mass is 35.5. The minimum absolute atomic E-state index is 0.145. The number of aliphatic hydroxyl groups excluding tert-OH is 1. The molecular formula is C19H21ClN4O2. The Morgan fingerprint density at radius 2 is 1.81 bits per heavy atom. The highest BCUT2D eigenvalue weighted by molar-refractivity contribution is 6.30. The third kappa shape index (κ3) is 4.88. The molecule has 0 amide bonds. The third-order valence-corrected chi connectivity index (χ3v) is 4.27. The monoisotopic (exact) mass is 372 g/mol. The van der Waals surface area contributed by atoms with Crippen molar-refractivity contribution in [2.45, 2.75) is 32.6 Å². The van der Waals surface area contributed by atoms with Crippen molar-refractivity contribution in [3.63, 3.8) is 0 Å². The van der Waals surface area contributed by atoms with Gasteiger partial charge in [0.05, 0.1) is 25.4 Å². The van der Waals surface area contributed by atoms with Crippen LogP contribution in [0.4, 0.5) is 0 Å². The van der Waals surface area contributed by atoms with E-state index in [0.29, 0.717) is 10.8 Å². The molecular weight excluding hydrogens is 352 g/mol. The van der Waals surface area contributed by atoms with Gasteiger partial charge in [0.1, 0.15) is 0 Å². The number of nitrogens with zero attached hydrogens (tertiary/aromatic N) is 4. The summed E-state index contributed by atoms with van der Waals surface area (Å²) in [6.45, 7) is 4.34. The van der Waals surface area contributed by atoms with E-state index >= 15 is 0 Å². The zero-order valence-corrected chi connectivity index (χ0v) is 15.5. The van der Waals surface area contributed by atoms with Gasteiger partial charge in [-0.25, -0.2) is 0 Å². The van der Waals surface area contributed by atoms with Gasteiger partial charge < -0.3 is 9.84 Å². The van der Waals surface area contributed by atoms with E-state index in [2.05, 4.69) is 15.4 Å². The number of hydrogen-bond acceptors (Lipinski definition) is 5. The SMILES string of the molecule is Cc1ccc(-c2nnn(C[C@@H](O)CO[C@@H](C)c3ccc(Cl)cc3)n2)cc1. The zero-order chi connectivity index (χ0) is 18.5. The van der Waals surface area contributed by atoms with Crippen LogP contribution in [-0.2, 0) is 11.3 Å². The Kier molecular flexibility index (Phi) is 5.98. The van der Waals surface area contributed by atoms with E-state index < -0.39 is 6.10 Å². The number of halogens is 1. The molecule has 1 aromatic heterocycles. The van der Waals surface area contributed by atoms with Crippen LogP contribution in [0.2, 0.25) is 5.02 Å². The standard InChI is InChI=1S/C19H21ClN4O2/c1-13-3-5-16(6-4-13)19-21-23-24(22-19)11-18(25)12-26-14(2)15-7-9-17(20)10-8-15/h3-10,14,18,25H,11-12H2,1-2H3/t14-,18+/m0/s1. The Morgan fingerprint density at radius 1 is 1.12 bits per heavy atom. The zero-order valence-electron chi connectivity index (χ0n) is 14.7. The molecule has 0 aliphatic heterocycles. The summed E-state index contributed by atoms with van der Waals surface area (Å²) in [5, 5.41) is 23.2. The molecule has 0 radical (unpaired) electrons. The van der Waals surface area contributed by atoms with E-state index in [1.54, 1.807) is 0 Å². The number of rotatable bonds is 7. The van der Waals surface area contributed by atoms with Crippen LogP contribution in [0.25, 0.3) is 11.4 Å². The maximum atomic E-state index is 10.2. The summed E-state index contributed by atoms with van der Waals surface area (Å²) >= 11 is 5.88. The summed E-state index contributed by atoms with van der Waals surface area (Å²) < 4.78 is 5.72. The maximum absolute atomic E-state index is 10.2. The molecule has 2 aromatic carbocycles. The van der Waals surface area contributed by atoms with Gasteiger partial charge >= 0.3 is 0 Å². The normalized spacial score (nSPS) is 13.5. The minimum Gasteiger partial charge on any atom is -0.389 e. The number of hydrogen-bond donors (Lipinski definition) is 1. The molecule has 3 rings (SSSR count). The van der Waals surface area contributed by atoms with E-state index in [0.717, 1.165) is 11.1 Å². The van der Waals surface area contributed by atoms with E-state index in [9.17, 15) is 5.11 Å². The fraction of sp³-hybridized carbons (Fsp3) is 0.316. The molecule has 3 aromatic rings. The largest absolute Gasteiger partial charge is 0.389 e. The van der Waals surface area contributed by atoms with Gasteiger partial charge in [0.15, 0.2) is 0 Å². The van der Waals surface area contributed by atoms with Crippen LogP contribution in [0, 0.1) is 6.92 Å². The maximum Gasteiger partial charge on any atom is 0.204 e. The molecule has 0 aliphatic rings. The average molecular weight is 373 g/mol. The van der Waals surface area contributed by atoms with Crippen LogP contribution in [0.5, 0.6) is 0 Å². The Labute approximate surface area is 157 Å². The topological polar surface area (TPSA) is 73.1 Å². The molecule has 2 atom stereocenters. The summed E-state index contributed by atoms with van der Waals surface area (Å²) in [5.74, 6) is 0.535. The Bertz CT molecular complexity index is 834. The van der Waals surface area contributed by atoms with E-state index in [-0.39, 0.29) is 19.3 Å². The lowest BCUT2D eigenvalue weighted by Gasteiger charge is -2.16. The lowest BCUT2D eigenvalue weighted by molar-refractivity contribution is -0.0116.